The van der Waals surface area contributed by atoms with Gasteiger partial charge >= 0.3 is 0 Å². The van der Waals surface area contributed by atoms with Crippen molar-refractivity contribution < 1.29 is 9.53 Å². The van der Waals surface area contributed by atoms with Crippen LogP contribution in [0.15, 0.2) is 24.4 Å². The van der Waals surface area contributed by atoms with E-state index in [-0.39, 0.29) is 18.3 Å². The smallest absolute Gasteiger partial charge is 0.278 e. The fraction of sp³-hybridized carbons (Fsp3) is 0.450. The van der Waals surface area contributed by atoms with Crippen molar-refractivity contribution in [2.75, 3.05) is 44.3 Å². The lowest BCUT2D eigenvalue weighted by molar-refractivity contribution is 0.0391. The molecule has 1 fully saturated rings. The molecule has 1 aliphatic rings. The van der Waals surface area contributed by atoms with Crippen molar-refractivity contribution in [3.05, 3.63) is 41.2 Å². The number of hydrogen-bond donors (Lipinski definition) is 0. The van der Waals surface area contributed by atoms with Crippen LogP contribution in [0.1, 0.15) is 21.6 Å². The van der Waals surface area contributed by atoms with Crippen LogP contribution < -0.4 is 4.90 Å². The molecular formula is C20H26ClN5O2S. The van der Waals surface area contributed by atoms with E-state index in [0.29, 0.717) is 12.2 Å². The van der Waals surface area contributed by atoms with E-state index in [0.717, 1.165) is 53.8 Å². The number of anilines is 1. The summed E-state index contributed by atoms with van der Waals surface area (Å²) in [6.07, 6.45) is 1.65. The number of aromatic nitrogens is 3. The summed E-state index contributed by atoms with van der Waals surface area (Å²) >= 11 is 1.57. The Kier molecular flexibility index (Phi) is 6.89. The molecular weight excluding hydrogens is 410 g/mol. The van der Waals surface area contributed by atoms with Crippen LogP contribution in [0.3, 0.4) is 0 Å². The average molecular weight is 436 g/mol. The van der Waals surface area contributed by atoms with E-state index in [1.54, 1.807) is 40.2 Å². The minimum atomic E-state index is -0.0679. The fourth-order valence-electron chi connectivity index (χ4n) is 3.55. The van der Waals surface area contributed by atoms with Gasteiger partial charge in [0.15, 0.2) is 5.13 Å². The van der Waals surface area contributed by atoms with E-state index >= 15 is 0 Å². The first-order chi connectivity index (χ1) is 13.5. The monoisotopic (exact) mass is 435 g/mol. The van der Waals surface area contributed by atoms with Crippen molar-refractivity contribution in [1.29, 1.82) is 0 Å². The van der Waals surface area contributed by atoms with Gasteiger partial charge in [-0.3, -0.25) is 19.3 Å². The highest BCUT2D eigenvalue weighted by Crippen LogP contribution is 2.32. The van der Waals surface area contributed by atoms with Crippen molar-refractivity contribution in [2.45, 2.75) is 13.8 Å². The maximum absolute atomic E-state index is 13.3. The number of amides is 1. The predicted molar refractivity (Wildman–Crippen MR) is 118 cm³/mol. The van der Waals surface area contributed by atoms with Crippen molar-refractivity contribution in [1.82, 2.24) is 19.7 Å². The number of aryl methyl sites for hydroxylation is 3. The highest BCUT2D eigenvalue weighted by Gasteiger charge is 2.25. The molecule has 0 N–H and O–H groups in total. The third-order valence-corrected chi connectivity index (χ3v) is 6.10. The first-order valence-electron chi connectivity index (χ1n) is 9.50. The molecule has 9 heteroatoms. The summed E-state index contributed by atoms with van der Waals surface area (Å²) in [5.41, 5.74) is 3.88. The third-order valence-electron chi connectivity index (χ3n) is 5.08. The van der Waals surface area contributed by atoms with Gasteiger partial charge in [0.05, 0.1) is 23.4 Å². The fourth-order valence-corrected chi connectivity index (χ4v) is 4.71. The summed E-state index contributed by atoms with van der Waals surface area (Å²) in [5, 5.41) is 4.90. The predicted octanol–water partition coefficient (Wildman–Crippen LogP) is 3.05. The van der Waals surface area contributed by atoms with Gasteiger partial charge < -0.3 is 4.74 Å². The van der Waals surface area contributed by atoms with Crippen LogP contribution in [0.2, 0.25) is 0 Å². The Hall–Kier alpha value is -2.00. The molecule has 1 saturated heterocycles. The van der Waals surface area contributed by atoms with Crippen molar-refractivity contribution in [3.8, 4) is 0 Å². The number of rotatable bonds is 5. The number of morpholine rings is 1. The number of thiazole rings is 1. The van der Waals surface area contributed by atoms with Gasteiger partial charge in [-0.25, -0.2) is 4.98 Å². The second kappa shape index (κ2) is 9.21. The molecule has 0 radical (unpaired) electrons. The van der Waals surface area contributed by atoms with E-state index in [2.05, 4.69) is 36.0 Å². The van der Waals surface area contributed by atoms with Crippen LogP contribution in [0.5, 0.6) is 0 Å². The molecule has 4 rings (SSSR count). The van der Waals surface area contributed by atoms with Crippen LogP contribution in [-0.2, 0) is 11.8 Å². The van der Waals surface area contributed by atoms with Gasteiger partial charge in [0, 0.05) is 39.4 Å². The number of benzene rings is 1. The number of carbonyl (C=O) groups excluding carboxylic acids is 1. The van der Waals surface area contributed by atoms with E-state index in [4.69, 9.17) is 9.72 Å². The Labute approximate surface area is 180 Å². The summed E-state index contributed by atoms with van der Waals surface area (Å²) in [6, 6.07) is 6.03. The molecule has 1 amide bonds. The Morgan fingerprint density at radius 3 is 2.72 bits per heavy atom. The Balaban J connectivity index is 0.00000240. The lowest BCUT2D eigenvalue weighted by atomic mass is 10.1. The minimum absolute atomic E-state index is 0. The van der Waals surface area contributed by atoms with E-state index < -0.39 is 0 Å². The highest BCUT2D eigenvalue weighted by molar-refractivity contribution is 7.22. The summed E-state index contributed by atoms with van der Waals surface area (Å²) in [6.45, 7) is 8.81. The van der Waals surface area contributed by atoms with Crippen LogP contribution in [0, 0.1) is 13.8 Å². The van der Waals surface area contributed by atoms with Gasteiger partial charge in [0.2, 0.25) is 0 Å². The highest BCUT2D eigenvalue weighted by atomic mass is 35.5. The Morgan fingerprint density at radius 1 is 1.28 bits per heavy atom. The SMILES string of the molecule is Cc1cc(C)c2nc(N(CCN3CCOCC3)C(=O)c3ccnn3C)sc2c1.Cl. The number of hydrogen-bond acceptors (Lipinski definition) is 6. The number of fused-ring (bicyclic) bond motifs is 1. The maximum Gasteiger partial charge on any atom is 0.278 e. The minimum Gasteiger partial charge on any atom is -0.379 e. The zero-order valence-electron chi connectivity index (χ0n) is 16.9. The molecule has 3 aromatic rings. The average Bonchev–Trinajstić information content (AvgIpc) is 3.29. The van der Waals surface area contributed by atoms with Crippen molar-refractivity contribution >= 4 is 45.0 Å². The normalized spacial score (nSPS) is 14.7. The number of nitrogens with zero attached hydrogens (tertiary/aromatic N) is 5. The molecule has 0 saturated carbocycles. The number of carbonyl (C=O) groups is 1. The molecule has 1 aromatic carbocycles. The Bertz CT molecular complexity index is 996. The van der Waals surface area contributed by atoms with Gasteiger partial charge in [-0.2, -0.15) is 5.10 Å². The molecule has 2 aromatic heterocycles. The lowest BCUT2D eigenvalue weighted by Gasteiger charge is -2.29. The summed E-state index contributed by atoms with van der Waals surface area (Å²) in [4.78, 5) is 22.3. The topological polar surface area (TPSA) is 63.5 Å². The third kappa shape index (κ3) is 4.61. The zero-order chi connectivity index (χ0) is 19.7. The van der Waals surface area contributed by atoms with Gasteiger partial charge in [0.25, 0.3) is 5.91 Å². The van der Waals surface area contributed by atoms with Crippen molar-refractivity contribution in [2.24, 2.45) is 7.05 Å². The van der Waals surface area contributed by atoms with E-state index in [1.165, 1.54) is 5.56 Å². The van der Waals surface area contributed by atoms with Crippen LogP contribution in [0.25, 0.3) is 10.2 Å². The van der Waals surface area contributed by atoms with Crippen LogP contribution in [0.4, 0.5) is 5.13 Å². The molecule has 0 unspecified atom stereocenters. The standard InChI is InChI=1S/C20H25N5O2S.ClH/c1-14-12-15(2)18-17(13-14)28-20(22-18)25(7-6-24-8-10-27-11-9-24)19(26)16-4-5-21-23(16)3;/h4-5,12-13H,6-11H2,1-3H3;1H. The molecule has 0 bridgehead atoms. The van der Waals surface area contributed by atoms with Gasteiger partial charge in [0.1, 0.15) is 5.69 Å². The number of halogens is 1. The summed E-state index contributed by atoms with van der Waals surface area (Å²) < 4.78 is 8.16. The molecule has 3 heterocycles. The van der Waals surface area contributed by atoms with Crippen molar-refractivity contribution in [3.63, 3.8) is 0 Å². The maximum atomic E-state index is 13.3. The molecule has 0 spiro atoms. The van der Waals surface area contributed by atoms with Gasteiger partial charge in [-0.1, -0.05) is 17.4 Å². The van der Waals surface area contributed by atoms with E-state index in [9.17, 15) is 4.79 Å². The number of ether oxygens (including phenoxy) is 1. The molecule has 29 heavy (non-hydrogen) atoms. The lowest BCUT2D eigenvalue weighted by Crippen LogP contribution is -2.43. The molecule has 0 aliphatic carbocycles. The summed E-state index contributed by atoms with van der Waals surface area (Å²) in [7, 11) is 1.79. The molecule has 156 valence electrons. The first-order valence-corrected chi connectivity index (χ1v) is 10.3. The Morgan fingerprint density at radius 2 is 2.03 bits per heavy atom. The quantitative estimate of drug-likeness (QED) is 0.616. The van der Waals surface area contributed by atoms with Gasteiger partial charge in [-0.05, 0) is 37.1 Å². The molecule has 0 atom stereocenters. The molecule has 7 nitrogen and oxygen atoms in total. The second-order valence-corrected chi connectivity index (χ2v) is 8.18. The zero-order valence-corrected chi connectivity index (χ0v) is 18.6. The summed E-state index contributed by atoms with van der Waals surface area (Å²) in [5.74, 6) is -0.0679. The van der Waals surface area contributed by atoms with Crippen LogP contribution in [-0.4, -0.2) is 65.0 Å². The second-order valence-electron chi connectivity index (χ2n) is 7.18. The largest absolute Gasteiger partial charge is 0.379 e. The van der Waals surface area contributed by atoms with E-state index in [1.807, 2.05) is 0 Å². The first kappa shape index (κ1) is 21.7. The molecule has 1 aliphatic heterocycles. The van der Waals surface area contributed by atoms with Crippen LogP contribution >= 0.6 is 23.7 Å². The van der Waals surface area contributed by atoms with Gasteiger partial charge in [-0.15, -0.1) is 12.4 Å².